The van der Waals surface area contributed by atoms with Crippen LogP contribution in [0.3, 0.4) is 0 Å². The summed E-state index contributed by atoms with van der Waals surface area (Å²) in [4.78, 5) is 12.7. The Morgan fingerprint density at radius 1 is 1.21 bits per heavy atom. The van der Waals surface area contributed by atoms with Crippen LogP contribution in [-0.4, -0.2) is 21.0 Å². The molecule has 2 unspecified atom stereocenters. The van der Waals surface area contributed by atoms with E-state index in [9.17, 15) is 0 Å². The van der Waals surface area contributed by atoms with E-state index in [1.807, 2.05) is 6.20 Å². The smallest absolute Gasteiger partial charge is 0.107 e. The third-order valence-electron chi connectivity index (χ3n) is 2.65. The Bertz CT molecular complexity index is 477. The van der Waals surface area contributed by atoms with Gasteiger partial charge in [0.1, 0.15) is 5.52 Å². The summed E-state index contributed by atoms with van der Waals surface area (Å²) >= 11 is 0. The summed E-state index contributed by atoms with van der Waals surface area (Å²) in [6.07, 6.45) is 8.02. The summed E-state index contributed by atoms with van der Waals surface area (Å²) in [5.41, 5.74) is 8.75. The van der Waals surface area contributed by atoms with Crippen molar-refractivity contribution in [3.05, 3.63) is 30.4 Å². The molecule has 3 rings (SSSR count). The number of hydrogen-bond acceptors (Lipinski definition) is 4. The molecule has 2 heterocycles. The van der Waals surface area contributed by atoms with Crippen molar-refractivity contribution < 1.29 is 0 Å². The number of nitrogens with zero attached hydrogens (tertiary/aromatic N) is 3. The predicted octanol–water partition coefficient (Wildman–Crippen LogP) is 0.839. The molecule has 0 aliphatic heterocycles. The third kappa shape index (κ3) is 1.08. The van der Waals surface area contributed by atoms with Crippen molar-refractivity contribution in [2.45, 2.75) is 18.4 Å². The number of hydrogen-bond donors (Lipinski definition) is 1. The molecule has 1 aliphatic carbocycles. The van der Waals surface area contributed by atoms with Crippen LogP contribution in [0.5, 0.6) is 0 Å². The Hall–Kier alpha value is -1.55. The first-order valence-corrected chi connectivity index (χ1v) is 4.66. The highest BCUT2D eigenvalue weighted by Crippen LogP contribution is 2.40. The van der Waals surface area contributed by atoms with Crippen molar-refractivity contribution >= 4 is 11.0 Å². The molecule has 4 nitrogen and oxygen atoms in total. The zero-order chi connectivity index (χ0) is 9.54. The van der Waals surface area contributed by atoms with E-state index in [0.29, 0.717) is 5.92 Å². The summed E-state index contributed by atoms with van der Waals surface area (Å²) in [5.74, 6) is 0.433. The predicted molar refractivity (Wildman–Crippen MR) is 52.7 cm³/mol. The number of fused-ring (bicyclic) bond motifs is 1. The quantitative estimate of drug-likeness (QED) is 0.716. The van der Waals surface area contributed by atoms with E-state index < -0.39 is 0 Å². The molecule has 0 aromatic carbocycles. The number of pyridine rings is 1. The summed E-state index contributed by atoms with van der Waals surface area (Å²) in [6.45, 7) is 0. The van der Waals surface area contributed by atoms with Gasteiger partial charge in [-0.2, -0.15) is 0 Å². The van der Waals surface area contributed by atoms with Gasteiger partial charge in [-0.25, -0.2) is 0 Å². The van der Waals surface area contributed by atoms with E-state index in [0.717, 1.165) is 23.0 Å². The molecule has 2 atom stereocenters. The Morgan fingerprint density at radius 2 is 2.00 bits per heavy atom. The van der Waals surface area contributed by atoms with Gasteiger partial charge in [-0.05, 0) is 6.42 Å². The molecule has 0 radical (unpaired) electrons. The molecule has 0 amide bonds. The molecule has 0 bridgehead atoms. The fourth-order valence-electron chi connectivity index (χ4n) is 1.76. The van der Waals surface area contributed by atoms with Crippen molar-refractivity contribution in [1.29, 1.82) is 0 Å². The minimum Gasteiger partial charge on any atom is -0.327 e. The molecule has 2 N–H and O–H groups in total. The SMILES string of the molecule is NC1CC1c1cncc2nccnc12. The third-order valence-corrected chi connectivity index (χ3v) is 2.65. The fourth-order valence-corrected chi connectivity index (χ4v) is 1.76. The summed E-state index contributed by atoms with van der Waals surface area (Å²) in [7, 11) is 0. The summed E-state index contributed by atoms with van der Waals surface area (Å²) in [6, 6.07) is 0.282. The van der Waals surface area contributed by atoms with Crippen molar-refractivity contribution in [3.63, 3.8) is 0 Å². The maximum absolute atomic E-state index is 5.81. The van der Waals surface area contributed by atoms with Gasteiger partial charge in [0.05, 0.1) is 11.7 Å². The molecule has 2 aromatic rings. The lowest BCUT2D eigenvalue weighted by atomic mass is 10.1. The van der Waals surface area contributed by atoms with Gasteiger partial charge in [-0.1, -0.05) is 0 Å². The molecule has 1 fully saturated rings. The van der Waals surface area contributed by atoms with E-state index in [-0.39, 0.29) is 6.04 Å². The van der Waals surface area contributed by atoms with Crippen LogP contribution in [0.1, 0.15) is 17.9 Å². The van der Waals surface area contributed by atoms with E-state index in [2.05, 4.69) is 15.0 Å². The second-order valence-corrected chi connectivity index (χ2v) is 3.66. The van der Waals surface area contributed by atoms with Gasteiger partial charge < -0.3 is 5.73 Å². The van der Waals surface area contributed by atoms with Crippen LogP contribution in [0.15, 0.2) is 24.8 Å². The van der Waals surface area contributed by atoms with Gasteiger partial charge in [0.2, 0.25) is 0 Å². The van der Waals surface area contributed by atoms with E-state index in [1.54, 1.807) is 18.6 Å². The second-order valence-electron chi connectivity index (χ2n) is 3.66. The van der Waals surface area contributed by atoms with Crippen molar-refractivity contribution in [1.82, 2.24) is 15.0 Å². The highest BCUT2D eigenvalue weighted by molar-refractivity contribution is 5.77. The van der Waals surface area contributed by atoms with Crippen molar-refractivity contribution in [3.8, 4) is 0 Å². The highest BCUT2D eigenvalue weighted by Gasteiger charge is 2.36. The Labute approximate surface area is 81.2 Å². The van der Waals surface area contributed by atoms with Crippen LogP contribution >= 0.6 is 0 Å². The molecule has 1 saturated carbocycles. The normalized spacial score (nSPS) is 25.2. The van der Waals surface area contributed by atoms with E-state index >= 15 is 0 Å². The maximum atomic E-state index is 5.81. The van der Waals surface area contributed by atoms with Gasteiger partial charge in [0.15, 0.2) is 0 Å². The second kappa shape index (κ2) is 2.72. The minimum absolute atomic E-state index is 0.282. The van der Waals surface area contributed by atoms with E-state index in [1.165, 1.54) is 0 Å². The Morgan fingerprint density at radius 3 is 2.79 bits per heavy atom. The highest BCUT2D eigenvalue weighted by atomic mass is 14.8. The molecule has 4 heteroatoms. The van der Waals surface area contributed by atoms with Crippen LogP contribution in [0.2, 0.25) is 0 Å². The Kier molecular flexibility index (Phi) is 1.52. The molecular formula is C10H10N4. The largest absolute Gasteiger partial charge is 0.327 e. The minimum atomic E-state index is 0.282. The van der Waals surface area contributed by atoms with Gasteiger partial charge in [0.25, 0.3) is 0 Å². The summed E-state index contributed by atoms with van der Waals surface area (Å²) in [5, 5.41) is 0. The molecule has 2 aromatic heterocycles. The number of rotatable bonds is 1. The molecule has 0 spiro atoms. The average Bonchev–Trinajstić information content (AvgIpc) is 2.95. The first kappa shape index (κ1) is 7.82. The van der Waals surface area contributed by atoms with Gasteiger partial charge in [-0.3, -0.25) is 15.0 Å². The van der Waals surface area contributed by atoms with Crippen molar-refractivity contribution in [2.24, 2.45) is 5.73 Å². The van der Waals surface area contributed by atoms with Gasteiger partial charge in [0, 0.05) is 36.1 Å². The van der Waals surface area contributed by atoms with E-state index in [4.69, 9.17) is 5.73 Å². The average molecular weight is 186 g/mol. The van der Waals surface area contributed by atoms with Gasteiger partial charge >= 0.3 is 0 Å². The van der Waals surface area contributed by atoms with Crippen molar-refractivity contribution in [2.75, 3.05) is 0 Å². The van der Waals surface area contributed by atoms with Gasteiger partial charge in [-0.15, -0.1) is 0 Å². The number of aromatic nitrogens is 3. The van der Waals surface area contributed by atoms with Crippen LogP contribution in [-0.2, 0) is 0 Å². The van der Waals surface area contributed by atoms with Crippen LogP contribution < -0.4 is 5.73 Å². The zero-order valence-corrected chi connectivity index (χ0v) is 7.59. The van der Waals surface area contributed by atoms with Crippen LogP contribution in [0.4, 0.5) is 0 Å². The molecular weight excluding hydrogens is 176 g/mol. The zero-order valence-electron chi connectivity index (χ0n) is 7.59. The first-order chi connectivity index (χ1) is 6.86. The first-order valence-electron chi connectivity index (χ1n) is 4.66. The molecule has 1 aliphatic rings. The standard InChI is InChI=1S/C10H10N4/c11-8-3-6(8)7-4-12-5-9-10(7)14-2-1-13-9/h1-2,4-6,8H,3,11H2. The van der Waals surface area contributed by atoms with Crippen LogP contribution in [0.25, 0.3) is 11.0 Å². The molecule has 0 saturated heterocycles. The fraction of sp³-hybridized carbons (Fsp3) is 0.300. The summed E-state index contributed by atoms with van der Waals surface area (Å²) < 4.78 is 0. The topological polar surface area (TPSA) is 64.7 Å². The lowest BCUT2D eigenvalue weighted by molar-refractivity contribution is 0.984. The molecule has 70 valence electrons. The lowest BCUT2D eigenvalue weighted by Gasteiger charge is -2.01. The monoisotopic (exact) mass is 186 g/mol. The van der Waals surface area contributed by atoms with Crippen LogP contribution in [0, 0.1) is 0 Å². The number of nitrogens with two attached hydrogens (primary N) is 1. The lowest BCUT2D eigenvalue weighted by Crippen LogP contribution is -2.02. The molecule has 14 heavy (non-hydrogen) atoms. The Balaban J connectivity index is 2.23. The maximum Gasteiger partial charge on any atom is 0.107 e.